The summed E-state index contributed by atoms with van der Waals surface area (Å²) in [6.45, 7) is 1.19. The van der Waals surface area contributed by atoms with Crippen LogP contribution in [-0.4, -0.2) is 31.7 Å². The SMILES string of the molecule is N#Cc1ccc(C(=O)NCc2ccccc2S(=O)(=O)N2CCCCC2)cc1. The van der Waals surface area contributed by atoms with E-state index in [9.17, 15) is 13.2 Å². The maximum atomic E-state index is 13.0. The normalized spacial score (nSPS) is 15.1. The summed E-state index contributed by atoms with van der Waals surface area (Å²) in [6, 6.07) is 15.1. The Bertz CT molecular complexity index is 957. The number of carbonyl (C=O) groups is 1. The van der Waals surface area contributed by atoms with Gasteiger partial charge < -0.3 is 5.32 Å². The molecule has 1 amide bonds. The van der Waals surface area contributed by atoms with E-state index in [4.69, 9.17) is 5.26 Å². The molecule has 140 valence electrons. The second kappa shape index (κ2) is 8.33. The fourth-order valence-electron chi connectivity index (χ4n) is 3.12. The van der Waals surface area contributed by atoms with Gasteiger partial charge in [0.05, 0.1) is 16.5 Å². The van der Waals surface area contributed by atoms with Gasteiger partial charge in [-0.05, 0) is 48.7 Å². The summed E-state index contributed by atoms with van der Waals surface area (Å²) in [7, 11) is -3.57. The Labute approximate surface area is 159 Å². The van der Waals surface area contributed by atoms with Gasteiger partial charge in [0.2, 0.25) is 10.0 Å². The molecule has 1 fully saturated rings. The Morgan fingerprint density at radius 3 is 2.37 bits per heavy atom. The third-order valence-electron chi connectivity index (χ3n) is 4.62. The van der Waals surface area contributed by atoms with Crippen molar-refractivity contribution in [2.45, 2.75) is 30.7 Å². The lowest BCUT2D eigenvalue weighted by Crippen LogP contribution is -2.36. The topological polar surface area (TPSA) is 90.3 Å². The minimum Gasteiger partial charge on any atom is -0.348 e. The van der Waals surface area contributed by atoms with Crippen LogP contribution < -0.4 is 5.32 Å². The van der Waals surface area contributed by atoms with E-state index >= 15 is 0 Å². The number of rotatable bonds is 5. The first-order valence-corrected chi connectivity index (χ1v) is 10.3. The molecule has 7 heteroatoms. The summed E-state index contributed by atoms with van der Waals surface area (Å²) >= 11 is 0. The third kappa shape index (κ3) is 4.35. The van der Waals surface area contributed by atoms with Crippen LogP contribution in [-0.2, 0) is 16.6 Å². The number of amides is 1. The molecule has 0 aromatic heterocycles. The number of hydrogen-bond donors (Lipinski definition) is 1. The second-order valence-corrected chi connectivity index (χ2v) is 8.35. The molecule has 1 aliphatic rings. The maximum Gasteiger partial charge on any atom is 0.251 e. The van der Waals surface area contributed by atoms with Crippen LogP contribution in [0, 0.1) is 11.3 Å². The fraction of sp³-hybridized carbons (Fsp3) is 0.300. The molecular formula is C20H21N3O3S. The van der Waals surface area contributed by atoms with Gasteiger partial charge >= 0.3 is 0 Å². The highest BCUT2D eigenvalue weighted by molar-refractivity contribution is 7.89. The molecule has 0 unspecified atom stereocenters. The lowest BCUT2D eigenvalue weighted by molar-refractivity contribution is 0.0950. The minimum absolute atomic E-state index is 0.113. The van der Waals surface area contributed by atoms with Crippen LogP contribution in [0.3, 0.4) is 0 Å². The van der Waals surface area contributed by atoms with E-state index in [1.54, 1.807) is 48.5 Å². The molecule has 2 aromatic rings. The average Bonchev–Trinajstić information content (AvgIpc) is 2.73. The maximum absolute atomic E-state index is 13.0. The van der Waals surface area contributed by atoms with E-state index < -0.39 is 10.0 Å². The van der Waals surface area contributed by atoms with Gasteiger partial charge in [0.1, 0.15) is 0 Å². The third-order valence-corrected chi connectivity index (χ3v) is 6.62. The first-order valence-electron chi connectivity index (χ1n) is 8.89. The van der Waals surface area contributed by atoms with Crippen molar-refractivity contribution >= 4 is 15.9 Å². The molecule has 1 N–H and O–H groups in total. The van der Waals surface area contributed by atoms with Gasteiger partial charge in [-0.3, -0.25) is 4.79 Å². The molecular weight excluding hydrogens is 362 g/mol. The number of nitrogens with zero attached hydrogens (tertiary/aromatic N) is 2. The second-order valence-electron chi connectivity index (χ2n) is 6.44. The molecule has 1 saturated heterocycles. The zero-order valence-corrected chi connectivity index (χ0v) is 15.7. The van der Waals surface area contributed by atoms with Crippen molar-refractivity contribution < 1.29 is 13.2 Å². The molecule has 27 heavy (non-hydrogen) atoms. The monoisotopic (exact) mass is 383 g/mol. The van der Waals surface area contributed by atoms with Crippen molar-refractivity contribution in [1.82, 2.24) is 9.62 Å². The number of carbonyl (C=O) groups excluding carboxylic acids is 1. The van der Waals surface area contributed by atoms with E-state index in [1.165, 1.54) is 4.31 Å². The Kier molecular flexibility index (Phi) is 5.89. The van der Waals surface area contributed by atoms with Gasteiger partial charge in [0, 0.05) is 25.2 Å². The highest BCUT2D eigenvalue weighted by atomic mass is 32.2. The average molecular weight is 383 g/mol. The van der Waals surface area contributed by atoms with Gasteiger partial charge in [0.25, 0.3) is 5.91 Å². The Morgan fingerprint density at radius 2 is 1.70 bits per heavy atom. The molecule has 1 aliphatic heterocycles. The van der Waals surface area contributed by atoms with Crippen molar-refractivity contribution in [2.24, 2.45) is 0 Å². The molecule has 6 nitrogen and oxygen atoms in total. The Morgan fingerprint density at radius 1 is 1.04 bits per heavy atom. The molecule has 0 spiro atoms. The first kappa shape index (κ1) is 19.1. The van der Waals surface area contributed by atoms with Gasteiger partial charge in [-0.1, -0.05) is 24.6 Å². The van der Waals surface area contributed by atoms with Crippen molar-refractivity contribution in [3.63, 3.8) is 0 Å². The smallest absolute Gasteiger partial charge is 0.251 e. The molecule has 0 saturated carbocycles. The number of nitrogens with one attached hydrogen (secondary N) is 1. The molecule has 0 atom stereocenters. The molecule has 2 aromatic carbocycles. The minimum atomic E-state index is -3.57. The highest BCUT2D eigenvalue weighted by Crippen LogP contribution is 2.23. The summed E-state index contributed by atoms with van der Waals surface area (Å²) in [4.78, 5) is 12.6. The number of benzene rings is 2. The summed E-state index contributed by atoms with van der Waals surface area (Å²) in [5.74, 6) is -0.315. The van der Waals surface area contributed by atoms with Crippen LogP contribution in [0.2, 0.25) is 0 Å². The highest BCUT2D eigenvalue weighted by Gasteiger charge is 2.27. The summed E-state index contributed by atoms with van der Waals surface area (Å²) in [5.41, 5.74) is 1.46. The lowest BCUT2D eigenvalue weighted by Gasteiger charge is -2.26. The number of nitriles is 1. The van der Waals surface area contributed by atoms with Crippen LogP contribution in [0.4, 0.5) is 0 Å². The number of piperidine rings is 1. The molecule has 3 rings (SSSR count). The Balaban J connectivity index is 1.76. The summed E-state index contributed by atoms with van der Waals surface area (Å²) < 4.78 is 27.5. The van der Waals surface area contributed by atoms with Crippen molar-refractivity contribution in [3.05, 3.63) is 65.2 Å². The Hall–Kier alpha value is -2.69. The predicted octanol–water partition coefficient (Wildman–Crippen LogP) is 2.66. The van der Waals surface area contributed by atoms with Crippen LogP contribution in [0.15, 0.2) is 53.4 Å². The quantitative estimate of drug-likeness (QED) is 0.859. The van der Waals surface area contributed by atoms with E-state index in [0.29, 0.717) is 29.8 Å². The molecule has 1 heterocycles. The lowest BCUT2D eigenvalue weighted by atomic mass is 10.1. The van der Waals surface area contributed by atoms with Crippen molar-refractivity contribution in [1.29, 1.82) is 5.26 Å². The molecule has 0 aliphatic carbocycles. The van der Waals surface area contributed by atoms with Crippen molar-refractivity contribution in [3.8, 4) is 6.07 Å². The van der Waals surface area contributed by atoms with Gasteiger partial charge in [-0.15, -0.1) is 0 Å². The molecule has 0 radical (unpaired) electrons. The van der Waals surface area contributed by atoms with Crippen LogP contribution in [0.1, 0.15) is 40.7 Å². The largest absolute Gasteiger partial charge is 0.348 e. The standard InChI is InChI=1S/C20H21N3O3S/c21-14-16-8-10-17(11-9-16)20(24)22-15-18-6-2-3-7-19(18)27(25,26)23-12-4-1-5-13-23/h2-3,6-11H,1,4-5,12-13,15H2,(H,22,24). The van der Waals surface area contributed by atoms with E-state index in [-0.39, 0.29) is 17.3 Å². The van der Waals surface area contributed by atoms with Crippen LogP contribution in [0.5, 0.6) is 0 Å². The summed E-state index contributed by atoms with van der Waals surface area (Å²) in [5, 5.41) is 11.6. The first-order chi connectivity index (χ1) is 13.0. The van der Waals surface area contributed by atoms with Crippen molar-refractivity contribution in [2.75, 3.05) is 13.1 Å². The zero-order chi connectivity index (χ0) is 19.3. The van der Waals surface area contributed by atoms with Gasteiger partial charge in [-0.25, -0.2) is 8.42 Å². The number of sulfonamides is 1. The number of hydrogen-bond acceptors (Lipinski definition) is 4. The summed E-state index contributed by atoms with van der Waals surface area (Å²) in [6.07, 6.45) is 2.79. The van der Waals surface area contributed by atoms with E-state index in [1.807, 2.05) is 6.07 Å². The zero-order valence-electron chi connectivity index (χ0n) is 14.9. The van der Waals surface area contributed by atoms with Gasteiger partial charge in [-0.2, -0.15) is 9.57 Å². The van der Waals surface area contributed by atoms with Crippen LogP contribution in [0.25, 0.3) is 0 Å². The van der Waals surface area contributed by atoms with Gasteiger partial charge in [0.15, 0.2) is 0 Å². The van der Waals surface area contributed by atoms with E-state index in [2.05, 4.69) is 5.32 Å². The fourth-order valence-corrected chi connectivity index (χ4v) is 4.86. The van der Waals surface area contributed by atoms with E-state index in [0.717, 1.165) is 19.3 Å². The van der Waals surface area contributed by atoms with Crippen LogP contribution >= 0.6 is 0 Å². The molecule has 0 bridgehead atoms. The predicted molar refractivity (Wildman–Crippen MR) is 101 cm³/mol.